The van der Waals surface area contributed by atoms with Gasteiger partial charge in [-0.1, -0.05) is 68.3 Å². The Morgan fingerprint density at radius 3 is 2.26 bits per heavy atom. The highest BCUT2D eigenvalue weighted by molar-refractivity contribution is 9.10. The first-order valence-electron chi connectivity index (χ1n) is 11.6. The normalized spacial score (nSPS) is 10.9. The average Bonchev–Trinajstić information content (AvgIpc) is 2.94. The van der Waals surface area contributed by atoms with Gasteiger partial charge < -0.3 is 10.1 Å². The second-order valence-electron chi connectivity index (χ2n) is 8.09. The van der Waals surface area contributed by atoms with Crippen molar-refractivity contribution in [3.63, 3.8) is 0 Å². The molecule has 4 rings (SSSR count). The SMILES string of the molecule is O=C(/C=C/c1ccccc1)Oc1ccc(Br)cc1C=NNC(=O)c1cccc(NC(=O)c2ccc(Br)cc2)c1. The van der Waals surface area contributed by atoms with Crippen molar-refractivity contribution in [1.82, 2.24) is 5.43 Å². The number of esters is 1. The number of anilines is 1. The molecule has 7 nitrogen and oxygen atoms in total. The standard InChI is InChI=1S/C30H21Br2N3O4/c31-24-12-10-21(11-13-24)29(37)34-26-8-4-7-22(18-26)30(38)35-33-19-23-17-25(32)14-15-27(23)39-28(36)16-9-20-5-2-1-3-6-20/h1-19H,(H,34,37)(H,35,38)/b16-9+,33-19?. The highest BCUT2D eigenvalue weighted by Crippen LogP contribution is 2.22. The predicted octanol–water partition coefficient (Wildman–Crippen LogP) is 6.85. The summed E-state index contributed by atoms with van der Waals surface area (Å²) in [6.07, 6.45) is 4.37. The Kier molecular flexibility index (Phi) is 9.55. The minimum Gasteiger partial charge on any atom is -0.423 e. The molecule has 0 saturated heterocycles. The summed E-state index contributed by atoms with van der Waals surface area (Å²) in [5.74, 6) is -1.06. The number of nitrogens with zero attached hydrogens (tertiary/aromatic N) is 1. The molecule has 2 amide bonds. The number of hydrogen-bond donors (Lipinski definition) is 2. The first-order chi connectivity index (χ1) is 18.9. The summed E-state index contributed by atoms with van der Waals surface area (Å²) >= 11 is 6.73. The molecule has 0 saturated carbocycles. The largest absolute Gasteiger partial charge is 0.423 e. The molecule has 194 valence electrons. The van der Waals surface area contributed by atoms with Crippen LogP contribution in [0.5, 0.6) is 5.75 Å². The minimum atomic E-state index is -0.554. The maximum Gasteiger partial charge on any atom is 0.336 e. The predicted molar refractivity (Wildman–Crippen MR) is 159 cm³/mol. The minimum absolute atomic E-state index is 0.275. The van der Waals surface area contributed by atoms with Gasteiger partial charge in [0.15, 0.2) is 0 Å². The molecular formula is C30H21Br2N3O4. The Morgan fingerprint density at radius 2 is 1.49 bits per heavy atom. The Hall–Kier alpha value is -4.34. The number of amides is 2. The number of benzene rings is 4. The molecule has 39 heavy (non-hydrogen) atoms. The molecule has 0 heterocycles. The van der Waals surface area contributed by atoms with Gasteiger partial charge in [0.2, 0.25) is 0 Å². The van der Waals surface area contributed by atoms with Crippen LogP contribution in [0.15, 0.2) is 117 Å². The Bertz CT molecular complexity index is 1550. The molecule has 2 N–H and O–H groups in total. The smallest absolute Gasteiger partial charge is 0.336 e. The molecule has 4 aromatic rings. The molecular weight excluding hydrogens is 626 g/mol. The molecule has 0 spiro atoms. The molecule has 9 heteroatoms. The molecule has 0 bridgehead atoms. The zero-order chi connectivity index (χ0) is 27.6. The highest BCUT2D eigenvalue weighted by atomic mass is 79.9. The summed E-state index contributed by atoms with van der Waals surface area (Å²) in [6.45, 7) is 0. The van der Waals surface area contributed by atoms with E-state index in [1.807, 2.05) is 30.3 Å². The van der Waals surface area contributed by atoms with Crippen molar-refractivity contribution in [2.24, 2.45) is 5.10 Å². The Morgan fingerprint density at radius 1 is 0.744 bits per heavy atom. The average molecular weight is 647 g/mol. The van der Waals surface area contributed by atoms with Crippen molar-refractivity contribution >= 4 is 67.6 Å². The fourth-order valence-corrected chi connectivity index (χ4v) is 3.99. The van der Waals surface area contributed by atoms with Crippen molar-refractivity contribution in [3.8, 4) is 5.75 Å². The van der Waals surface area contributed by atoms with E-state index in [4.69, 9.17) is 4.74 Å². The maximum atomic E-state index is 12.7. The quantitative estimate of drug-likeness (QED) is 0.0720. The summed E-state index contributed by atoms with van der Waals surface area (Å²) in [4.78, 5) is 37.5. The first kappa shape index (κ1) is 27.7. The second-order valence-corrected chi connectivity index (χ2v) is 9.92. The van der Waals surface area contributed by atoms with Crippen LogP contribution in [0.3, 0.4) is 0 Å². The molecule has 0 unspecified atom stereocenters. The van der Waals surface area contributed by atoms with E-state index >= 15 is 0 Å². The van der Waals surface area contributed by atoms with Crippen LogP contribution in [0.1, 0.15) is 31.8 Å². The number of hydrogen-bond acceptors (Lipinski definition) is 5. The highest BCUT2D eigenvalue weighted by Gasteiger charge is 2.10. The summed E-state index contributed by atoms with van der Waals surface area (Å²) in [7, 11) is 0. The van der Waals surface area contributed by atoms with Gasteiger partial charge in [0, 0.05) is 37.4 Å². The van der Waals surface area contributed by atoms with Crippen LogP contribution in [-0.2, 0) is 4.79 Å². The molecule has 4 aromatic carbocycles. The van der Waals surface area contributed by atoms with Crippen LogP contribution in [0.4, 0.5) is 5.69 Å². The van der Waals surface area contributed by atoms with Gasteiger partial charge in [-0.25, -0.2) is 10.2 Å². The lowest BCUT2D eigenvalue weighted by molar-refractivity contribution is -0.128. The lowest BCUT2D eigenvalue weighted by atomic mass is 10.1. The molecule has 0 radical (unpaired) electrons. The molecule has 0 aliphatic carbocycles. The van der Waals surface area contributed by atoms with E-state index in [-0.39, 0.29) is 11.7 Å². The number of halogens is 2. The third kappa shape index (κ3) is 8.33. The lowest BCUT2D eigenvalue weighted by Gasteiger charge is -2.08. The van der Waals surface area contributed by atoms with Crippen LogP contribution >= 0.6 is 31.9 Å². The van der Waals surface area contributed by atoms with Crippen LogP contribution in [0.2, 0.25) is 0 Å². The van der Waals surface area contributed by atoms with Crippen molar-refractivity contribution in [2.75, 3.05) is 5.32 Å². The van der Waals surface area contributed by atoms with Crippen LogP contribution < -0.4 is 15.5 Å². The summed E-state index contributed by atoms with van der Waals surface area (Å²) in [6, 6.07) is 27.9. The van der Waals surface area contributed by atoms with Crippen molar-refractivity contribution in [3.05, 3.63) is 134 Å². The number of carbonyl (C=O) groups excluding carboxylic acids is 3. The molecule has 0 aromatic heterocycles. The second kappa shape index (κ2) is 13.5. The van der Waals surface area contributed by atoms with Gasteiger partial charge in [-0.2, -0.15) is 5.10 Å². The van der Waals surface area contributed by atoms with Crippen molar-refractivity contribution in [2.45, 2.75) is 0 Å². The van der Waals surface area contributed by atoms with E-state index in [2.05, 4.69) is 47.7 Å². The maximum absolute atomic E-state index is 12.7. The molecule has 0 atom stereocenters. The number of rotatable bonds is 8. The van der Waals surface area contributed by atoms with Gasteiger partial charge in [-0.05, 0) is 72.3 Å². The van der Waals surface area contributed by atoms with E-state index in [1.54, 1.807) is 72.8 Å². The van der Waals surface area contributed by atoms with E-state index in [9.17, 15) is 14.4 Å². The van der Waals surface area contributed by atoms with Gasteiger partial charge in [-0.3, -0.25) is 9.59 Å². The topological polar surface area (TPSA) is 96.9 Å². The summed E-state index contributed by atoms with van der Waals surface area (Å²) in [5, 5.41) is 6.80. The van der Waals surface area contributed by atoms with Crippen LogP contribution in [0.25, 0.3) is 6.08 Å². The fraction of sp³-hybridized carbons (Fsp3) is 0. The van der Waals surface area contributed by atoms with E-state index in [0.717, 1.165) is 14.5 Å². The third-order valence-corrected chi connectivity index (χ3v) is 6.27. The monoisotopic (exact) mass is 645 g/mol. The van der Waals surface area contributed by atoms with E-state index in [0.29, 0.717) is 22.4 Å². The van der Waals surface area contributed by atoms with Crippen molar-refractivity contribution < 1.29 is 19.1 Å². The number of nitrogens with one attached hydrogen (secondary N) is 2. The summed E-state index contributed by atoms with van der Waals surface area (Å²) in [5.41, 5.74) is 5.04. The van der Waals surface area contributed by atoms with E-state index in [1.165, 1.54) is 12.3 Å². The zero-order valence-electron chi connectivity index (χ0n) is 20.3. The molecule has 0 fully saturated rings. The number of ether oxygens (including phenoxy) is 1. The fourth-order valence-electron chi connectivity index (χ4n) is 3.35. The zero-order valence-corrected chi connectivity index (χ0v) is 23.5. The van der Waals surface area contributed by atoms with Gasteiger partial charge in [0.05, 0.1) is 6.21 Å². The lowest BCUT2D eigenvalue weighted by Crippen LogP contribution is -2.18. The summed E-state index contributed by atoms with van der Waals surface area (Å²) < 4.78 is 7.07. The van der Waals surface area contributed by atoms with Crippen molar-refractivity contribution in [1.29, 1.82) is 0 Å². The third-order valence-electron chi connectivity index (χ3n) is 5.25. The number of carbonyl (C=O) groups is 3. The number of hydrazone groups is 1. The molecule has 0 aliphatic rings. The Labute approximate surface area is 241 Å². The van der Waals surface area contributed by atoms with E-state index < -0.39 is 11.9 Å². The Balaban J connectivity index is 1.39. The van der Waals surface area contributed by atoms with Crippen LogP contribution in [0, 0.1) is 0 Å². The van der Waals surface area contributed by atoms with Gasteiger partial charge in [-0.15, -0.1) is 0 Å². The van der Waals surface area contributed by atoms with Gasteiger partial charge in [0.25, 0.3) is 11.8 Å². The van der Waals surface area contributed by atoms with Gasteiger partial charge in [0.1, 0.15) is 5.75 Å². The molecule has 0 aliphatic heterocycles. The first-order valence-corrected chi connectivity index (χ1v) is 13.2. The van der Waals surface area contributed by atoms with Crippen LogP contribution in [-0.4, -0.2) is 24.0 Å². The van der Waals surface area contributed by atoms with Gasteiger partial charge >= 0.3 is 5.97 Å².